The fourth-order valence-corrected chi connectivity index (χ4v) is 1.51. The van der Waals surface area contributed by atoms with Crippen molar-refractivity contribution in [2.45, 2.75) is 18.6 Å². The van der Waals surface area contributed by atoms with E-state index in [0.29, 0.717) is 17.8 Å². The molecule has 0 aliphatic heterocycles. The van der Waals surface area contributed by atoms with E-state index in [1.165, 1.54) is 6.26 Å². The van der Waals surface area contributed by atoms with E-state index >= 15 is 0 Å². The summed E-state index contributed by atoms with van der Waals surface area (Å²) in [6.45, 7) is 3.52. The van der Waals surface area contributed by atoms with E-state index < -0.39 is 14.6 Å². The zero-order valence-corrected chi connectivity index (χ0v) is 13.5. The third-order valence-corrected chi connectivity index (χ3v) is 5.08. The summed E-state index contributed by atoms with van der Waals surface area (Å²) < 4.78 is 22.4. The summed E-state index contributed by atoms with van der Waals surface area (Å²) in [4.78, 5) is 14.3. The summed E-state index contributed by atoms with van der Waals surface area (Å²) >= 11 is 0. The van der Waals surface area contributed by atoms with Gasteiger partial charge >= 0.3 is 0 Å². The Bertz CT molecular complexity index is 570. The number of hydrogen-bond donors (Lipinski definition) is 2. The minimum atomic E-state index is -3.17. The minimum absolute atomic E-state index is 0.214. The third-order valence-electron chi connectivity index (χ3n) is 2.92. The molecule has 0 saturated carbocycles. The van der Waals surface area contributed by atoms with Crippen LogP contribution in [0.2, 0.25) is 0 Å². The van der Waals surface area contributed by atoms with Gasteiger partial charge in [-0.2, -0.15) is 15.0 Å². The molecule has 0 bridgehead atoms. The monoisotopic (exact) mass is 302 g/mol. The summed E-state index contributed by atoms with van der Waals surface area (Å²) in [6, 6.07) is 0. The summed E-state index contributed by atoms with van der Waals surface area (Å²) in [5.41, 5.74) is 0. The molecule has 0 unspecified atom stereocenters. The van der Waals surface area contributed by atoms with Crippen molar-refractivity contribution in [2.75, 3.05) is 49.5 Å². The lowest BCUT2D eigenvalue weighted by Crippen LogP contribution is -2.38. The lowest BCUT2D eigenvalue weighted by atomic mass is 10.2. The van der Waals surface area contributed by atoms with Crippen LogP contribution in [0.25, 0.3) is 0 Å². The molecule has 1 aromatic rings. The number of nitrogens with zero attached hydrogens (tertiary/aromatic N) is 4. The van der Waals surface area contributed by atoms with Crippen molar-refractivity contribution < 1.29 is 8.42 Å². The van der Waals surface area contributed by atoms with E-state index in [9.17, 15) is 8.42 Å². The Hall–Kier alpha value is -1.64. The quantitative estimate of drug-likeness (QED) is 0.769. The second-order valence-electron chi connectivity index (χ2n) is 5.31. The summed E-state index contributed by atoms with van der Waals surface area (Å²) in [6.07, 6.45) is 1.21. The SMILES string of the molecule is CNc1nc(NCC(C)(C)S(C)(=O)=O)nc(N(C)C)n1. The molecule has 0 amide bonds. The van der Waals surface area contributed by atoms with E-state index in [1.54, 1.807) is 25.8 Å². The van der Waals surface area contributed by atoms with Crippen LogP contribution in [0.3, 0.4) is 0 Å². The molecule has 0 atom stereocenters. The van der Waals surface area contributed by atoms with Crippen LogP contribution in [-0.4, -0.2) is 62.1 Å². The lowest BCUT2D eigenvalue weighted by molar-refractivity contribution is 0.559. The zero-order chi connectivity index (χ0) is 15.6. The molecule has 2 N–H and O–H groups in total. The largest absolute Gasteiger partial charge is 0.357 e. The van der Waals surface area contributed by atoms with Gasteiger partial charge < -0.3 is 15.5 Å². The van der Waals surface area contributed by atoms with Crippen LogP contribution in [0.5, 0.6) is 0 Å². The van der Waals surface area contributed by atoms with Crippen molar-refractivity contribution in [3.05, 3.63) is 0 Å². The Morgan fingerprint density at radius 3 is 2.15 bits per heavy atom. The molecule has 0 saturated heterocycles. The maximum atomic E-state index is 11.7. The molecule has 1 heterocycles. The van der Waals surface area contributed by atoms with Crippen molar-refractivity contribution in [3.63, 3.8) is 0 Å². The van der Waals surface area contributed by atoms with Gasteiger partial charge in [0.25, 0.3) is 0 Å². The van der Waals surface area contributed by atoms with Crippen molar-refractivity contribution in [1.82, 2.24) is 15.0 Å². The Morgan fingerprint density at radius 2 is 1.70 bits per heavy atom. The first-order chi connectivity index (χ1) is 9.06. The van der Waals surface area contributed by atoms with Crippen LogP contribution < -0.4 is 15.5 Å². The predicted octanol–water partition coefficient (Wildman–Crippen LogP) is 0.214. The number of nitrogens with one attached hydrogen (secondary N) is 2. The number of anilines is 3. The molecule has 0 fully saturated rings. The minimum Gasteiger partial charge on any atom is -0.357 e. The van der Waals surface area contributed by atoms with E-state index in [4.69, 9.17) is 0 Å². The normalized spacial score (nSPS) is 12.1. The molecular formula is C11H22N6O2S. The molecule has 9 heteroatoms. The molecule has 114 valence electrons. The van der Waals surface area contributed by atoms with Crippen LogP contribution in [0, 0.1) is 0 Å². The van der Waals surface area contributed by atoms with E-state index in [1.807, 2.05) is 14.1 Å². The molecule has 0 aliphatic rings. The topological polar surface area (TPSA) is 100 Å². The molecular weight excluding hydrogens is 280 g/mol. The van der Waals surface area contributed by atoms with Gasteiger partial charge in [-0.3, -0.25) is 0 Å². The van der Waals surface area contributed by atoms with E-state index in [2.05, 4.69) is 25.6 Å². The van der Waals surface area contributed by atoms with E-state index in [-0.39, 0.29) is 6.54 Å². The highest BCUT2D eigenvalue weighted by Gasteiger charge is 2.30. The maximum absolute atomic E-state index is 11.7. The molecule has 1 rings (SSSR count). The number of hydrogen-bond acceptors (Lipinski definition) is 8. The lowest BCUT2D eigenvalue weighted by Gasteiger charge is -2.23. The highest BCUT2D eigenvalue weighted by Crippen LogP contribution is 2.17. The standard InChI is InChI=1S/C11H22N6O2S/c1-11(2,20(6,18)19)7-13-9-14-8(12-3)15-10(16-9)17(4)5/h7H2,1-6H3,(H2,12,13,14,15,16). The Kier molecular flexibility index (Phi) is 4.74. The first-order valence-corrected chi connectivity index (χ1v) is 8.00. The van der Waals surface area contributed by atoms with Gasteiger partial charge in [-0.05, 0) is 13.8 Å². The van der Waals surface area contributed by atoms with Gasteiger partial charge in [-0.25, -0.2) is 8.42 Å². The average molecular weight is 302 g/mol. The third kappa shape index (κ3) is 3.92. The van der Waals surface area contributed by atoms with Crippen molar-refractivity contribution in [1.29, 1.82) is 0 Å². The number of rotatable bonds is 6. The van der Waals surface area contributed by atoms with Crippen LogP contribution in [0.15, 0.2) is 0 Å². The Morgan fingerprint density at radius 1 is 1.15 bits per heavy atom. The molecule has 0 aromatic carbocycles. The fourth-order valence-electron chi connectivity index (χ4n) is 1.18. The van der Waals surface area contributed by atoms with E-state index in [0.717, 1.165) is 0 Å². The Balaban J connectivity index is 2.96. The molecule has 20 heavy (non-hydrogen) atoms. The van der Waals surface area contributed by atoms with Crippen molar-refractivity contribution in [2.24, 2.45) is 0 Å². The molecule has 1 aromatic heterocycles. The van der Waals surface area contributed by atoms with Crippen molar-refractivity contribution in [3.8, 4) is 0 Å². The second-order valence-corrected chi connectivity index (χ2v) is 7.96. The summed E-state index contributed by atoms with van der Waals surface area (Å²) in [7, 11) is 2.17. The van der Waals surface area contributed by atoms with Gasteiger partial charge in [-0.1, -0.05) is 0 Å². The van der Waals surface area contributed by atoms with Crippen LogP contribution in [0.4, 0.5) is 17.8 Å². The second kappa shape index (κ2) is 5.78. The summed E-state index contributed by atoms with van der Waals surface area (Å²) in [5, 5.41) is 5.80. The maximum Gasteiger partial charge on any atom is 0.231 e. The number of aromatic nitrogens is 3. The zero-order valence-electron chi connectivity index (χ0n) is 12.7. The van der Waals surface area contributed by atoms with Crippen LogP contribution >= 0.6 is 0 Å². The van der Waals surface area contributed by atoms with Gasteiger partial charge in [0, 0.05) is 33.9 Å². The smallest absolute Gasteiger partial charge is 0.231 e. The average Bonchev–Trinajstić information content (AvgIpc) is 2.34. The molecule has 0 aliphatic carbocycles. The van der Waals surface area contributed by atoms with Gasteiger partial charge in [0.1, 0.15) is 0 Å². The first-order valence-electron chi connectivity index (χ1n) is 6.11. The van der Waals surface area contributed by atoms with Crippen LogP contribution in [-0.2, 0) is 9.84 Å². The Labute approximate surface area is 119 Å². The first kappa shape index (κ1) is 16.4. The van der Waals surface area contributed by atoms with Crippen molar-refractivity contribution >= 4 is 27.7 Å². The summed E-state index contributed by atoms with van der Waals surface area (Å²) in [5.74, 6) is 1.25. The fraction of sp³-hybridized carbons (Fsp3) is 0.727. The predicted molar refractivity (Wildman–Crippen MR) is 81.1 cm³/mol. The molecule has 0 radical (unpaired) electrons. The van der Waals surface area contributed by atoms with Gasteiger partial charge in [0.15, 0.2) is 9.84 Å². The van der Waals surface area contributed by atoms with Gasteiger partial charge in [-0.15, -0.1) is 0 Å². The number of sulfone groups is 1. The van der Waals surface area contributed by atoms with Crippen LogP contribution in [0.1, 0.15) is 13.8 Å². The van der Waals surface area contributed by atoms with Gasteiger partial charge in [0.05, 0.1) is 4.75 Å². The molecule has 0 spiro atoms. The van der Waals surface area contributed by atoms with Gasteiger partial charge in [0.2, 0.25) is 17.8 Å². The molecule has 8 nitrogen and oxygen atoms in total. The highest BCUT2D eigenvalue weighted by atomic mass is 32.2. The highest BCUT2D eigenvalue weighted by molar-refractivity contribution is 7.92.